The van der Waals surface area contributed by atoms with Crippen molar-refractivity contribution in [2.24, 2.45) is 0 Å². The minimum absolute atomic E-state index is 0.104. The van der Waals surface area contributed by atoms with Gasteiger partial charge in [0.25, 0.3) is 5.91 Å². The fourth-order valence-corrected chi connectivity index (χ4v) is 4.86. The summed E-state index contributed by atoms with van der Waals surface area (Å²) in [5.41, 5.74) is 2.06. The van der Waals surface area contributed by atoms with Gasteiger partial charge in [0.1, 0.15) is 5.75 Å². The van der Waals surface area contributed by atoms with Crippen molar-refractivity contribution in [3.05, 3.63) is 59.2 Å². The minimum Gasteiger partial charge on any atom is -0.491 e. The van der Waals surface area contributed by atoms with Crippen molar-refractivity contribution in [2.45, 2.75) is 51.2 Å². The van der Waals surface area contributed by atoms with E-state index in [1.807, 2.05) is 38.1 Å². The van der Waals surface area contributed by atoms with Crippen LogP contribution in [0.5, 0.6) is 5.75 Å². The molecule has 0 aliphatic carbocycles. The van der Waals surface area contributed by atoms with Gasteiger partial charge in [-0.1, -0.05) is 18.2 Å². The van der Waals surface area contributed by atoms with Gasteiger partial charge in [0.15, 0.2) is 0 Å². The number of rotatable bonds is 7. The molecule has 6 nitrogen and oxygen atoms in total. The van der Waals surface area contributed by atoms with Gasteiger partial charge in [0.05, 0.1) is 11.0 Å². The number of nitrogens with zero attached hydrogens (tertiary/aromatic N) is 1. The van der Waals surface area contributed by atoms with Crippen molar-refractivity contribution in [3.8, 4) is 5.75 Å². The van der Waals surface area contributed by atoms with Crippen LogP contribution in [0.25, 0.3) is 0 Å². The number of aryl methyl sites for hydroxylation is 1. The Hall–Kier alpha value is -2.38. The molecule has 0 unspecified atom stereocenters. The summed E-state index contributed by atoms with van der Waals surface area (Å²) in [6.07, 6.45) is 1.85. The third-order valence-corrected chi connectivity index (χ3v) is 6.80. The highest BCUT2D eigenvalue weighted by Crippen LogP contribution is 2.23. The van der Waals surface area contributed by atoms with E-state index in [1.165, 1.54) is 10.4 Å². The lowest BCUT2D eigenvalue weighted by Crippen LogP contribution is -2.29. The molecule has 29 heavy (non-hydrogen) atoms. The summed E-state index contributed by atoms with van der Waals surface area (Å²) in [6.45, 7) is 7.16. The van der Waals surface area contributed by atoms with Gasteiger partial charge in [-0.3, -0.25) is 4.79 Å². The Morgan fingerprint density at radius 2 is 1.76 bits per heavy atom. The van der Waals surface area contributed by atoms with Gasteiger partial charge in [0.2, 0.25) is 10.0 Å². The Labute approximate surface area is 172 Å². The molecule has 0 aromatic heterocycles. The number of nitrogens with one attached hydrogen (secondary N) is 1. The number of hydrogen-bond donors (Lipinski definition) is 1. The molecular weight excluding hydrogens is 388 g/mol. The maximum absolute atomic E-state index is 12.8. The number of carbonyl (C=O) groups excluding carboxylic acids is 1. The van der Waals surface area contributed by atoms with Crippen LogP contribution in [-0.4, -0.2) is 37.8 Å². The van der Waals surface area contributed by atoms with E-state index in [0.29, 0.717) is 25.2 Å². The Morgan fingerprint density at radius 3 is 2.38 bits per heavy atom. The molecule has 1 heterocycles. The Bertz CT molecular complexity index is 963. The zero-order valence-electron chi connectivity index (χ0n) is 17.1. The molecule has 1 amide bonds. The van der Waals surface area contributed by atoms with E-state index < -0.39 is 10.0 Å². The highest BCUT2D eigenvalue weighted by molar-refractivity contribution is 7.89. The first-order valence-corrected chi connectivity index (χ1v) is 11.4. The standard InChI is InChI=1S/C22H28N2O4S/c1-16(2)28-19-9-7-18(8-10-19)15-23-22(25)21-14-20(11-6-17(21)3)29(26,27)24-12-4-5-13-24/h6-11,14,16H,4-5,12-13,15H2,1-3H3,(H,23,25). The first kappa shape index (κ1) is 21.3. The van der Waals surface area contributed by atoms with Gasteiger partial charge in [-0.2, -0.15) is 4.31 Å². The van der Waals surface area contributed by atoms with Crippen molar-refractivity contribution in [1.29, 1.82) is 0 Å². The normalized spacial score (nSPS) is 14.9. The first-order valence-electron chi connectivity index (χ1n) is 9.92. The zero-order valence-corrected chi connectivity index (χ0v) is 18.0. The topological polar surface area (TPSA) is 75.7 Å². The largest absolute Gasteiger partial charge is 0.491 e. The highest BCUT2D eigenvalue weighted by Gasteiger charge is 2.28. The molecular formula is C22H28N2O4S. The number of benzene rings is 2. The summed E-state index contributed by atoms with van der Waals surface area (Å²) in [4.78, 5) is 12.9. The lowest BCUT2D eigenvalue weighted by molar-refractivity contribution is 0.0950. The van der Waals surface area contributed by atoms with E-state index >= 15 is 0 Å². The van der Waals surface area contributed by atoms with Gasteiger partial charge in [-0.05, 0) is 69.0 Å². The van der Waals surface area contributed by atoms with Crippen LogP contribution >= 0.6 is 0 Å². The van der Waals surface area contributed by atoms with Crippen LogP contribution < -0.4 is 10.1 Å². The number of sulfonamides is 1. The lowest BCUT2D eigenvalue weighted by atomic mass is 10.1. The smallest absolute Gasteiger partial charge is 0.251 e. The van der Waals surface area contributed by atoms with Crippen LogP contribution in [0.1, 0.15) is 48.2 Å². The van der Waals surface area contributed by atoms with Gasteiger partial charge in [-0.15, -0.1) is 0 Å². The summed E-state index contributed by atoms with van der Waals surface area (Å²) < 4.78 is 32.7. The van der Waals surface area contributed by atoms with Crippen LogP contribution in [0, 0.1) is 6.92 Å². The van der Waals surface area contributed by atoms with E-state index in [2.05, 4.69) is 5.32 Å². The number of amides is 1. The third kappa shape index (κ3) is 5.16. The molecule has 3 rings (SSSR count). The molecule has 2 aromatic rings. The Morgan fingerprint density at radius 1 is 1.10 bits per heavy atom. The quantitative estimate of drug-likeness (QED) is 0.750. The molecule has 1 fully saturated rings. The van der Waals surface area contributed by atoms with E-state index in [1.54, 1.807) is 19.1 Å². The molecule has 0 atom stereocenters. The summed E-state index contributed by atoms with van der Waals surface area (Å²) >= 11 is 0. The van der Waals surface area contributed by atoms with E-state index in [0.717, 1.165) is 29.7 Å². The SMILES string of the molecule is Cc1ccc(S(=O)(=O)N2CCCC2)cc1C(=O)NCc1ccc(OC(C)C)cc1. The molecule has 156 valence electrons. The maximum Gasteiger partial charge on any atom is 0.251 e. The molecule has 0 saturated carbocycles. The van der Waals surface area contributed by atoms with Gasteiger partial charge in [-0.25, -0.2) is 8.42 Å². The van der Waals surface area contributed by atoms with Gasteiger partial charge in [0, 0.05) is 25.2 Å². The molecule has 1 N–H and O–H groups in total. The van der Waals surface area contributed by atoms with Crippen LogP contribution in [-0.2, 0) is 16.6 Å². The van der Waals surface area contributed by atoms with Crippen LogP contribution in [0.2, 0.25) is 0 Å². The second kappa shape index (κ2) is 8.97. The fraction of sp³-hybridized carbons (Fsp3) is 0.409. The average molecular weight is 417 g/mol. The second-order valence-corrected chi connectivity index (χ2v) is 9.52. The van der Waals surface area contributed by atoms with Crippen molar-refractivity contribution in [1.82, 2.24) is 9.62 Å². The average Bonchev–Trinajstić information content (AvgIpc) is 3.22. The van der Waals surface area contributed by atoms with Gasteiger partial charge < -0.3 is 10.1 Å². The molecule has 2 aromatic carbocycles. The highest BCUT2D eigenvalue weighted by atomic mass is 32.2. The second-order valence-electron chi connectivity index (χ2n) is 7.58. The van der Waals surface area contributed by atoms with E-state index in [9.17, 15) is 13.2 Å². The van der Waals surface area contributed by atoms with Crippen molar-refractivity contribution < 1.29 is 17.9 Å². The van der Waals surface area contributed by atoms with Crippen molar-refractivity contribution in [2.75, 3.05) is 13.1 Å². The minimum atomic E-state index is -3.55. The van der Waals surface area contributed by atoms with Gasteiger partial charge >= 0.3 is 0 Å². The summed E-state index contributed by atoms with van der Waals surface area (Å²) in [6, 6.07) is 12.3. The zero-order chi connectivity index (χ0) is 21.0. The summed E-state index contributed by atoms with van der Waals surface area (Å²) in [7, 11) is -3.55. The monoisotopic (exact) mass is 416 g/mol. The molecule has 0 radical (unpaired) electrons. The van der Waals surface area contributed by atoms with E-state index in [-0.39, 0.29) is 16.9 Å². The molecule has 1 saturated heterocycles. The third-order valence-electron chi connectivity index (χ3n) is 4.90. The van der Waals surface area contributed by atoms with Crippen molar-refractivity contribution >= 4 is 15.9 Å². The number of carbonyl (C=O) groups is 1. The molecule has 7 heteroatoms. The van der Waals surface area contributed by atoms with Crippen LogP contribution in [0.4, 0.5) is 0 Å². The first-order chi connectivity index (χ1) is 13.8. The number of hydrogen-bond acceptors (Lipinski definition) is 4. The fourth-order valence-electron chi connectivity index (χ4n) is 3.32. The van der Waals surface area contributed by atoms with Crippen molar-refractivity contribution in [3.63, 3.8) is 0 Å². The maximum atomic E-state index is 12.8. The Kier molecular flexibility index (Phi) is 6.59. The lowest BCUT2D eigenvalue weighted by Gasteiger charge is -2.17. The summed E-state index contributed by atoms with van der Waals surface area (Å²) in [5, 5.41) is 2.88. The summed E-state index contributed by atoms with van der Waals surface area (Å²) in [5.74, 6) is 0.495. The molecule has 0 bridgehead atoms. The molecule has 1 aliphatic rings. The Balaban J connectivity index is 1.70. The van der Waals surface area contributed by atoms with Crippen LogP contribution in [0.3, 0.4) is 0 Å². The predicted molar refractivity (Wildman–Crippen MR) is 113 cm³/mol. The van der Waals surface area contributed by atoms with E-state index in [4.69, 9.17) is 4.74 Å². The van der Waals surface area contributed by atoms with Crippen LogP contribution in [0.15, 0.2) is 47.4 Å². The predicted octanol–water partition coefficient (Wildman–Crippen LogP) is 3.50. The molecule has 0 spiro atoms. The molecule has 1 aliphatic heterocycles. The number of ether oxygens (including phenoxy) is 1.